The number of fused-ring (bicyclic) bond motifs is 1. The molecule has 0 spiro atoms. The summed E-state index contributed by atoms with van der Waals surface area (Å²) in [6.45, 7) is 5.32. The van der Waals surface area contributed by atoms with Gasteiger partial charge in [0.2, 0.25) is 0 Å². The Morgan fingerprint density at radius 2 is 1.69 bits per heavy atom. The number of nitrogens with one attached hydrogen (secondary N) is 1. The van der Waals surface area contributed by atoms with Gasteiger partial charge in [-0.2, -0.15) is 0 Å². The number of rotatable bonds is 3. The molecule has 1 aromatic heterocycles. The summed E-state index contributed by atoms with van der Waals surface area (Å²) in [7, 11) is -3.72. The van der Waals surface area contributed by atoms with Crippen LogP contribution >= 0.6 is 0 Å². The molecule has 1 amide bonds. The first-order valence-corrected chi connectivity index (χ1v) is 9.53. The van der Waals surface area contributed by atoms with Crippen molar-refractivity contribution in [2.24, 2.45) is 0 Å². The molecule has 0 aliphatic heterocycles. The van der Waals surface area contributed by atoms with E-state index < -0.39 is 21.7 Å². The number of aromatic nitrogens is 1. The van der Waals surface area contributed by atoms with Crippen molar-refractivity contribution in [2.75, 3.05) is 5.32 Å². The molecule has 0 radical (unpaired) electrons. The van der Waals surface area contributed by atoms with Gasteiger partial charge in [-0.25, -0.2) is 17.2 Å². The second kappa shape index (κ2) is 6.49. The van der Waals surface area contributed by atoms with Crippen LogP contribution in [0.3, 0.4) is 0 Å². The van der Waals surface area contributed by atoms with Gasteiger partial charge in [-0.1, -0.05) is 24.3 Å². The van der Waals surface area contributed by atoms with Gasteiger partial charge in [0.25, 0.3) is 10.0 Å². The molecule has 0 saturated heterocycles. The molecular formula is C19H20N2O4S. The third-order valence-electron chi connectivity index (χ3n) is 3.63. The number of carbonyl (C=O) groups is 1. The van der Waals surface area contributed by atoms with Gasteiger partial charge < -0.3 is 4.74 Å². The van der Waals surface area contributed by atoms with Crippen LogP contribution in [0.15, 0.2) is 65.7 Å². The molecule has 0 saturated carbocycles. The second-order valence-electron chi connectivity index (χ2n) is 6.79. The van der Waals surface area contributed by atoms with Crippen LogP contribution in [-0.4, -0.2) is 24.1 Å². The van der Waals surface area contributed by atoms with E-state index in [-0.39, 0.29) is 4.90 Å². The van der Waals surface area contributed by atoms with Crippen LogP contribution in [0.1, 0.15) is 20.8 Å². The fraction of sp³-hybridized carbons (Fsp3) is 0.211. The van der Waals surface area contributed by atoms with Crippen LogP contribution in [0.5, 0.6) is 0 Å². The van der Waals surface area contributed by atoms with Crippen molar-refractivity contribution in [3.05, 3.63) is 60.8 Å². The average Bonchev–Trinajstić information content (AvgIpc) is 3.00. The first kappa shape index (κ1) is 18.0. The van der Waals surface area contributed by atoms with Crippen molar-refractivity contribution in [3.63, 3.8) is 0 Å². The molecule has 0 unspecified atom stereocenters. The molecule has 6 nitrogen and oxygen atoms in total. The molecule has 3 aromatic rings. The molecule has 7 heteroatoms. The number of ether oxygens (including phenoxy) is 1. The van der Waals surface area contributed by atoms with Crippen LogP contribution in [0, 0.1) is 0 Å². The maximum absolute atomic E-state index is 12.9. The molecule has 2 aromatic carbocycles. The standard InChI is InChI=1S/C19H20N2O4S/c1-19(2,3)25-18(22)20-16-10-7-11-17-15(16)12-13-21(17)26(23,24)14-8-5-4-6-9-14/h4-13H,1-3H3,(H,20,22). The predicted molar refractivity (Wildman–Crippen MR) is 101 cm³/mol. The lowest BCUT2D eigenvalue weighted by molar-refractivity contribution is 0.0636. The van der Waals surface area contributed by atoms with E-state index in [4.69, 9.17) is 4.74 Å². The number of hydrogen-bond donors (Lipinski definition) is 1. The fourth-order valence-electron chi connectivity index (χ4n) is 2.58. The van der Waals surface area contributed by atoms with E-state index >= 15 is 0 Å². The van der Waals surface area contributed by atoms with E-state index in [1.54, 1.807) is 75.4 Å². The van der Waals surface area contributed by atoms with Crippen LogP contribution in [0.25, 0.3) is 10.9 Å². The third-order valence-corrected chi connectivity index (χ3v) is 5.34. The minimum Gasteiger partial charge on any atom is -0.444 e. The Morgan fingerprint density at radius 1 is 1.00 bits per heavy atom. The van der Waals surface area contributed by atoms with Crippen molar-refractivity contribution in [1.82, 2.24) is 3.97 Å². The number of anilines is 1. The van der Waals surface area contributed by atoms with Gasteiger partial charge in [-0.05, 0) is 51.1 Å². The predicted octanol–water partition coefficient (Wildman–Crippen LogP) is 4.23. The SMILES string of the molecule is CC(C)(C)OC(=O)Nc1cccc2c1ccn2S(=O)(=O)c1ccccc1. The molecule has 3 rings (SSSR count). The third kappa shape index (κ3) is 3.57. The Balaban J connectivity index is 2.01. The summed E-state index contributed by atoms with van der Waals surface area (Å²) < 4.78 is 32.2. The number of carbonyl (C=O) groups excluding carboxylic acids is 1. The summed E-state index contributed by atoms with van der Waals surface area (Å²) in [5.41, 5.74) is 0.335. The van der Waals surface area contributed by atoms with Gasteiger partial charge in [0.1, 0.15) is 5.60 Å². The summed E-state index contributed by atoms with van der Waals surface area (Å²) in [5.74, 6) is 0. The van der Waals surface area contributed by atoms with Crippen LogP contribution in [-0.2, 0) is 14.8 Å². The van der Waals surface area contributed by atoms with Gasteiger partial charge in [0.05, 0.1) is 16.1 Å². The molecule has 0 aliphatic rings. The average molecular weight is 372 g/mol. The van der Waals surface area contributed by atoms with Crippen LogP contribution in [0.4, 0.5) is 10.5 Å². The Hall–Kier alpha value is -2.80. The Labute approximate surface area is 152 Å². The smallest absolute Gasteiger partial charge is 0.412 e. The first-order chi connectivity index (χ1) is 12.2. The maximum Gasteiger partial charge on any atom is 0.412 e. The normalized spacial score (nSPS) is 12.1. The van der Waals surface area contributed by atoms with E-state index in [2.05, 4.69) is 5.32 Å². The van der Waals surface area contributed by atoms with E-state index in [0.717, 1.165) is 0 Å². The van der Waals surface area contributed by atoms with Gasteiger partial charge in [0.15, 0.2) is 0 Å². The van der Waals surface area contributed by atoms with Gasteiger partial charge in [-0.15, -0.1) is 0 Å². The Kier molecular flexibility index (Phi) is 4.50. The molecule has 0 atom stereocenters. The molecule has 0 fully saturated rings. The highest BCUT2D eigenvalue weighted by Gasteiger charge is 2.21. The number of benzene rings is 2. The van der Waals surface area contributed by atoms with E-state index in [1.165, 1.54) is 10.2 Å². The highest BCUT2D eigenvalue weighted by Crippen LogP contribution is 2.28. The van der Waals surface area contributed by atoms with Crippen LogP contribution < -0.4 is 5.32 Å². The molecule has 0 aliphatic carbocycles. The molecule has 26 heavy (non-hydrogen) atoms. The minimum atomic E-state index is -3.72. The minimum absolute atomic E-state index is 0.197. The summed E-state index contributed by atoms with van der Waals surface area (Å²) in [6, 6.07) is 14.9. The zero-order chi connectivity index (χ0) is 18.9. The molecule has 0 bridgehead atoms. The molecule has 136 valence electrons. The number of nitrogens with zero attached hydrogens (tertiary/aromatic N) is 1. The number of hydrogen-bond acceptors (Lipinski definition) is 4. The zero-order valence-corrected chi connectivity index (χ0v) is 15.6. The summed E-state index contributed by atoms with van der Waals surface area (Å²) in [4.78, 5) is 12.2. The highest BCUT2D eigenvalue weighted by atomic mass is 32.2. The van der Waals surface area contributed by atoms with Gasteiger partial charge >= 0.3 is 6.09 Å². The van der Waals surface area contributed by atoms with Crippen molar-refractivity contribution >= 4 is 32.7 Å². The molecule has 1 N–H and O–H groups in total. The molecule has 1 heterocycles. The van der Waals surface area contributed by atoms with Crippen molar-refractivity contribution in [2.45, 2.75) is 31.3 Å². The van der Waals surface area contributed by atoms with Crippen LogP contribution in [0.2, 0.25) is 0 Å². The largest absolute Gasteiger partial charge is 0.444 e. The maximum atomic E-state index is 12.9. The highest BCUT2D eigenvalue weighted by molar-refractivity contribution is 7.90. The fourth-order valence-corrected chi connectivity index (χ4v) is 3.95. The topological polar surface area (TPSA) is 77.4 Å². The van der Waals surface area contributed by atoms with E-state index in [0.29, 0.717) is 16.6 Å². The number of amides is 1. The lowest BCUT2D eigenvalue weighted by atomic mass is 10.2. The zero-order valence-electron chi connectivity index (χ0n) is 14.8. The van der Waals surface area contributed by atoms with Crippen molar-refractivity contribution in [1.29, 1.82) is 0 Å². The van der Waals surface area contributed by atoms with E-state index in [1.807, 2.05) is 0 Å². The lowest BCUT2D eigenvalue weighted by Crippen LogP contribution is -2.27. The van der Waals surface area contributed by atoms with Crippen molar-refractivity contribution < 1.29 is 17.9 Å². The quantitative estimate of drug-likeness (QED) is 0.746. The Morgan fingerprint density at radius 3 is 2.35 bits per heavy atom. The first-order valence-electron chi connectivity index (χ1n) is 8.09. The lowest BCUT2D eigenvalue weighted by Gasteiger charge is -2.20. The van der Waals surface area contributed by atoms with Gasteiger partial charge in [-0.3, -0.25) is 5.32 Å². The monoisotopic (exact) mass is 372 g/mol. The van der Waals surface area contributed by atoms with Gasteiger partial charge in [0, 0.05) is 11.6 Å². The summed E-state index contributed by atoms with van der Waals surface area (Å²) in [5, 5.41) is 3.29. The van der Waals surface area contributed by atoms with Crippen molar-refractivity contribution in [3.8, 4) is 0 Å². The second-order valence-corrected chi connectivity index (χ2v) is 8.61. The van der Waals surface area contributed by atoms with E-state index in [9.17, 15) is 13.2 Å². The summed E-state index contributed by atoms with van der Waals surface area (Å²) in [6.07, 6.45) is 0.886. The Bertz CT molecular complexity index is 1050. The summed E-state index contributed by atoms with van der Waals surface area (Å²) >= 11 is 0. The molecular weight excluding hydrogens is 352 g/mol.